The third-order valence-corrected chi connectivity index (χ3v) is 5.20. The molecule has 3 rings (SSSR count). The van der Waals surface area contributed by atoms with Gasteiger partial charge in [-0.3, -0.25) is 19.5 Å². The highest BCUT2D eigenvalue weighted by Gasteiger charge is 2.22. The zero-order valence-corrected chi connectivity index (χ0v) is 16.8. The number of nitrogens with one attached hydrogen (secondary N) is 1. The van der Waals surface area contributed by atoms with Crippen LogP contribution in [0, 0.1) is 15.9 Å². The molecule has 1 N–H and O–H groups in total. The largest absolute Gasteiger partial charge is 0.325 e. The molecule has 30 heavy (non-hydrogen) atoms. The summed E-state index contributed by atoms with van der Waals surface area (Å²) in [6.45, 7) is 5.89. The normalized spacial score (nSPS) is 11.7. The van der Waals surface area contributed by atoms with E-state index in [9.17, 15) is 19.3 Å². The Morgan fingerprint density at radius 3 is 2.73 bits per heavy atom. The molecule has 1 heterocycles. The first-order chi connectivity index (χ1) is 14.4. The fourth-order valence-electron chi connectivity index (χ4n) is 2.66. The lowest BCUT2D eigenvalue weighted by atomic mass is 10.2. The Hall–Kier alpha value is -3.53. The molecular weight excluding hydrogens is 409 g/mol. The van der Waals surface area contributed by atoms with E-state index >= 15 is 0 Å². The second-order valence-electron chi connectivity index (χ2n) is 6.24. The molecule has 1 amide bonds. The van der Waals surface area contributed by atoms with Gasteiger partial charge < -0.3 is 5.32 Å². The number of rotatable bonds is 8. The van der Waals surface area contributed by atoms with E-state index in [4.69, 9.17) is 0 Å². The summed E-state index contributed by atoms with van der Waals surface area (Å²) in [5.74, 6) is -0.721. The van der Waals surface area contributed by atoms with Crippen LogP contribution in [0.15, 0.2) is 66.3 Å². The third kappa shape index (κ3) is 4.71. The summed E-state index contributed by atoms with van der Waals surface area (Å²) in [5.41, 5.74) is 0.318. The molecule has 0 radical (unpaired) electrons. The maximum Gasteiger partial charge on any atom is 0.306 e. The van der Waals surface area contributed by atoms with Crippen molar-refractivity contribution in [3.05, 3.63) is 77.1 Å². The fraction of sp³-hybridized carbons (Fsp3) is 0.150. The van der Waals surface area contributed by atoms with Crippen LogP contribution in [0.2, 0.25) is 0 Å². The zero-order valence-electron chi connectivity index (χ0n) is 16.0. The van der Waals surface area contributed by atoms with E-state index in [1.807, 2.05) is 34.9 Å². The number of thioether (sulfide) groups is 1. The van der Waals surface area contributed by atoms with Crippen molar-refractivity contribution in [3.8, 4) is 11.4 Å². The Bertz CT molecular complexity index is 1090. The number of allylic oxidation sites excluding steroid dienone is 1. The minimum Gasteiger partial charge on any atom is -0.325 e. The van der Waals surface area contributed by atoms with E-state index in [-0.39, 0.29) is 5.69 Å². The van der Waals surface area contributed by atoms with Gasteiger partial charge in [0.1, 0.15) is 0 Å². The number of carbonyl (C=O) groups excluding carboxylic acids is 1. The Morgan fingerprint density at radius 2 is 2.07 bits per heavy atom. The molecule has 154 valence electrons. The predicted molar refractivity (Wildman–Crippen MR) is 113 cm³/mol. The number of aromatic nitrogens is 3. The van der Waals surface area contributed by atoms with Gasteiger partial charge in [0.15, 0.2) is 11.0 Å². The molecule has 0 saturated heterocycles. The van der Waals surface area contributed by atoms with Gasteiger partial charge in [0.25, 0.3) is 0 Å². The third-order valence-electron chi connectivity index (χ3n) is 4.12. The molecule has 0 aliphatic carbocycles. The van der Waals surface area contributed by atoms with Gasteiger partial charge in [0.05, 0.1) is 10.2 Å². The van der Waals surface area contributed by atoms with Crippen LogP contribution in [0.1, 0.15) is 6.92 Å². The van der Waals surface area contributed by atoms with Crippen molar-refractivity contribution in [2.24, 2.45) is 0 Å². The van der Waals surface area contributed by atoms with Crippen LogP contribution in [0.5, 0.6) is 0 Å². The van der Waals surface area contributed by atoms with Gasteiger partial charge >= 0.3 is 5.69 Å². The Morgan fingerprint density at radius 1 is 1.33 bits per heavy atom. The van der Waals surface area contributed by atoms with Gasteiger partial charge in [0, 0.05) is 23.9 Å². The van der Waals surface area contributed by atoms with Crippen molar-refractivity contribution in [3.63, 3.8) is 0 Å². The summed E-state index contributed by atoms with van der Waals surface area (Å²) in [7, 11) is 0. The monoisotopic (exact) mass is 427 g/mol. The minimum absolute atomic E-state index is 0.137. The topological polar surface area (TPSA) is 103 Å². The van der Waals surface area contributed by atoms with E-state index < -0.39 is 27.6 Å². The van der Waals surface area contributed by atoms with Crippen LogP contribution in [0.25, 0.3) is 11.4 Å². The van der Waals surface area contributed by atoms with Gasteiger partial charge in [-0.15, -0.1) is 16.8 Å². The SMILES string of the molecule is C=CCn1c(SC(C)C(=O)Nc2ccc(F)c([N+](=O)[O-])c2)nnc1-c1ccccc1. The standard InChI is InChI=1S/C20H18FN5O3S/c1-3-11-25-18(14-7-5-4-6-8-14)23-24-20(25)30-13(2)19(27)22-15-9-10-16(21)17(12-15)26(28)29/h3-10,12-13H,1,11H2,2H3,(H,22,27). The molecule has 1 unspecified atom stereocenters. The molecule has 1 aromatic heterocycles. The molecule has 8 nitrogen and oxygen atoms in total. The van der Waals surface area contributed by atoms with Crippen LogP contribution in [-0.2, 0) is 11.3 Å². The molecule has 1 atom stereocenters. The van der Waals surface area contributed by atoms with Gasteiger partial charge in [-0.1, -0.05) is 48.2 Å². The lowest BCUT2D eigenvalue weighted by Crippen LogP contribution is -2.23. The first-order valence-corrected chi connectivity index (χ1v) is 9.79. The summed E-state index contributed by atoms with van der Waals surface area (Å²) >= 11 is 1.19. The van der Waals surface area contributed by atoms with Crippen molar-refractivity contribution < 1.29 is 14.1 Å². The first kappa shape index (κ1) is 21.2. The van der Waals surface area contributed by atoms with Crippen LogP contribution in [-0.4, -0.2) is 30.8 Å². The summed E-state index contributed by atoms with van der Waals surface area (Å²) in [6, 6.07) is 12.7. The molecule has 0 aliphatic rings. The highest BCUT2D eigenvalue weighted by molar-refractivity contribution is 8.00. The fourth-order valence-corrected chi connectivity index (χ4v) is 3.51. The number of hydrogen-bond acceptors (Lipinski definition) is 6. The van der Waals surface area contributed by atoms with E-state index in [0.717, 1.165) is 17.7 Å². The van der Waals surface area contributed by atoms with Gasteiger partial charge in [-0.25, -0.2) is 0 Å². The molecule has 0 spiro atoms. The maximum absolute atomic E-state index is 13.5. The number of hydrogen-bond donors (Lipinski definition) is 1. The van der Waals surface area contributed by atoms with Gasteiger partial charge in [-0.2, -0.15) is 4.39 Å². The Labute approximate surface area is 176 Å². The lowest BCUT2D eigenvalue weighted by molar-refractivity contribution is -0.387. The number of amides is 1. The lowest BCUT2D eigenvalue weighted by Gasteiger charge is -2.13. The summed E-state index contributed by atoms with van der Waals surface area (Å²) < 4.78 is 15.3. The average molecular weight is 427 g/mol. The summed E-state index contributed by atoms with van der Waals surface area (Å²) in [6.07, 6.45) is 1.71. The number of nitrogens with zero attached hydrogens (tertiary/aromatic N) is 4. The van der Waals surface area contributed by atoms with E-state index in [1.165, 1.54) is 17.8 Å². The van der Waals surface area contributed by atoms with E-state index in [1.54, 1.807) is 13.0 Å². The number of nitro groups is 1. The number of nitro benzene ring substituents is 1. The molecule has 0 fully saturated rings. The van der Waals surface area contributed by atoms with Crippen molar-refractivity contribution in [2.75, 3.05) is 5.32 Å². The molecule has 10 heteroatoms. The molecule has 0 saturated carbocycles. The van der Waals surface area contributed by atoms with Crippen LogP contribution in [0.3, 0.4) is 0 Å². The molecular formula is C20H18FN5O3S. The van der Waals surface area contributed by atoms with E-state index in [0.29, 0.717) is 17.5 Å². The highest BCUT2D eigenvalue weighted by atomic mass is 32.2. The average Bonchev–Trinajstić information content (AvgIpc) is 3.12. The number of anilines is 1. The van der Waals surface area contributed by atoms with Crippen LogP contribution in [0.4, 0.5) is 15.8 Å². The first-order valence-electron chi connectivity index (χ1n) is 8.91. The maximum atomic E-state index is 13.5. The smallest absolute Gasteiger partial charge is 0.306 e. The van der Waals surface area contributed by atoms with Crippen LogP contribution < -0.4 is 5.32 Å². The van der Waals surface area contributed by atoms with Gasteiger partial charge in [-0.05, 0) is 19.1 Å². The van der Waals surface area contributed by atoms with Crippen molar-refractivity contribution in [1.29, 1.82) is 0 Å². The molecule has 0 aliphatic heterocycles. The number of benzene rings is 2. The van der Waals surface area contributed by atoms with Crippen molar-refractivity contribution in [1.82, 2.24) is 14.8 Å². The quantitative estimate of drug-likeness (QED) is 0.249. The second-order valence-corrected chi connectivity index (χ2v) is 7.55. The van der Waals surface area contributed by atoms with Crippen LogP contribution >= 0.6 is 11.8 Å². The number of carbonyl (C=O) groups is 1. The summed E-state index contributed by atoms with van der Waals surface area (Å²) in [4.78, 5) is 22.6. The summed E-state index contributed by atoms with van der Waals surface area (Å²) in [5, 5.41) is 21.8. The Balaban J connectivity index is 1.77. The second kappa shape index (κ2) is 9.31. The molecule has 2 aromatic carbocycles. The minimum atomic E-state index is -0.966. The molecule has 0 bridgehead atoms. The molecule has 3 aromatic rings. The predicted octanol–water partition coefficient (Wildman–Crippen LogP) is 4.30. The number of halogens is 1. The van der Waals surface area contributed by atoms with Crippen molar-refractivity contribution >= 4 is 29.0 Å². The van der Waals surface area contributed by atoms with Gasteiger partial charge in [0.2, 0.25) is 11.7 Å². The zero-order chi connectivity index (χ0) is 21.7. The van der Waals surface area contributed by atoms with E-state index in [2.05, 4.69) is 22.1 Å². The highest BCUT2D eigenvalue weighted by Crippen LogP contribution is 2.28. The van der Waals surface area contributed by atoms with Crippen molar-refractivity contribution in [2.45, 2.75) is 23.9 Å². The Kier molecular flexibility index (Phi) is 6.58.